The molecule has 3 amide bonds. The summed E-state index contributed by atoms with van der Waals surface area (Å²) in [5.74, 6) is -1.32. The van der Waals surface area contributed by atoms with Crippen molar-refractivity contribution in [2.45, 2.75) is 62.6 Å². The van der Waals surface area contributed by atoms with Crippen LogP contribution in [0.25, 0.3) is 0 Å². The molecule has 0 radical (unpaired) electrons. The SMILES string of the molecule is CCOc1ccc(NC(=O)[C@@H]2[C@@H]3CC(C)C4(S3)C(C(=O)Nc3cc(C)ccc3C)N([C@@H](CO)Cc3ccccc3)C(=O)[C@H]24)cc1. The molecule has 3 aromatic rings. The Morgan fingerprint density at radius 1 is 1.04 bits per heavy atom. The number of benzene rings is 3. The van der Waals surface area contributed by atoms with Crippen molar-refractivity contribution in [3.63, 3.8) is 0 Å². The van der Waals surface area contributed by atoms with E-state index in [-0.39, 0.29) is 35.5 Å². The third-order valence-electron chi connectivity index (χ3n) is 9.74. The zero-order chi connectivity index (χ0) is 31.9. The van der Waals surface area contributed by atoms with Crippen LogP contribution in [0.15, 0.2) is 72.8 Å². The Labute approximate surface area is 268 Å². The Bertz CT molecular complexity index is 1580. The molecule has 3 aliphatic heterocycles. The molecule has 1 spiro atoms. The number of aliphatic hydroxyl groups excluding tert-OH is 1. The van der Waals surface area contributed by atoms with Crippen molar-refractivity contribution in [2.24, 2.45) is 17.8 Å². The molecule has 3 fully saturated rings. The van der Waals surface area contributed by atoms with Gasteiger partial charge < -0.3 is 25.4 Å². The van der Waals surface area contributed by atoms with Crippen LogP contribution in [0.3, 0.4) is 0 Å². The number of rotatable bonds is 10. The number of aryl methyl sites for hydroxylation is 2. The molecule has 3 unspecified atom stereocenters. The molecule has 0 aliphatic carbocycles. The number of nitrogens with one attached hydrogen (secondary N) is 2. The second-order valence-electron chi connectivity index (χ2n) is 12.6. The maximum Gasteiger partial charge on any atom is 0.248 e. The molecule has 2 bridgehead atoms. The Balaban J connectivity index is 1.37. The van der Waals surface area contributed by atoms with E-state index in [2.05, 4.69) is 17.6 Å². The van der Waals surface area contributed by atoms with Crippen LogP contribution in [0.4, 0.5) is 11.4 Å². The van der Waals surface area contributed by atoms with E-state index in [0.29, 0.717) is 30.2 Å². The average molecular weight is 628 g/mol. The molecule has 6 rings (SSSR count). The van der Waals surface area contributed by atoms with Crippen molar-refractivity contribution in [1.82, 2.24) is 4.90 Å². The highest BCUT2D eigenvalue weighted by molar-refractivity contribution is 8.02. The highest BCUT2D eigenvalue weighted by Gasteiger charge is 2.76. The van der Waals surface area contributed by atoms with Crippen LogP contribution in [-0.2, 0) is 20.8 Å². The van der Waals surface area contributed by atoms with Crippen LogP contribution >= 0.6 is 11.8 Å². The number of hydrogen-bond acceptors (Lipinski definition) is 6. The van der Waals surface area contributed by atoms with E-state index in [0.717, 1.165) is 23.1 Å². The molecule has 0 aromatic heterocycles. The summed E-state index contributed by atoms with van der Waals surface area (Å²) < 4.78 is 4.73. The fourth-order valence-electron chi connectivity index (χ4n) is 7.69. The number of carbonyl (C=O) groups is 3. The summed E-state index contributed by atoms with van der Waals surface area (Å²) in [7, 11) is 0. The highest BCUT2D eigenvalue weighted by Crippen LogP contribution is 2.69. The number of aliphatic hydroxyl groups is 1. The molecule has 3 N–H and O–H groups in total. The molecular formula is C36H41N3O5S. The summed E-state index contributed by atoms with van der Waals surface area (Å²) in [6.07, 6.45) is 1.12. The van der Waals surface area contributed by atoms with Gasteiger partial charge in [-0.1, -0.05) is 49.4 Å². The number of ether oxygens (including phenoxy) is 1. The largest absolute Gasteiger partial charge is 0.494 e. The van der Waals surface area contributed by atoms with Gasteiger partial charge in [0.1, 0.15) is 11.8 Å². The van der Waals surface area contributed by atoms with Gasteiger partial charge in [-0.25, -0.2) is 0 Å². The molecule has 236 valence electrons. The number of hydrogen-bond donors (Lipinski definition) is 3. The van der Waals surface area contributed by atoms with E-state index in [1.807, 2.05) is 81.4 Å². The third-order valence-corrected chi connectivity index (χ3v) is 11.8. The summed E-state index contributed by atoms with van der Waals surface area (Å²) in [5, 5.41) is 16.8. The van der Waals surface area contributed by atoms with Gasteiger partial charge in [-0.3, -0.25) is 14.4 Å². The van der Waals surface area contributed by atoms with Gasteiger partial charge in [0.25, 0.3) is 0 Å². The number of fused-ring (bicyclic) bond motifs is 1. The quantitative estimate of drug-likeness (QED) is 0.285. The van der Waals surface area contributed by atoms with Gasteiger partial charge in [-0.2, -0.15) is 0 Å². The highest BCUT2D eigenvalue weighted by atomic mass is 32.2. The maximum absolute atomic E-state index is 14.7. The van der Waals surface area contributed by atoms with Gasteiger partial charge >= 0.3 is 0 Å². The number of anilines is 2. The van der Waals surface area contributed by atoms with Gasteiger partial charge in [-0.05, 0) is 86.6 Å². The fraction of sp³-hybridized carbons (Fsp3) is 0.417. The molecule has 3 saturated heterocycles. The van der Waals surface area contributed by atoms with Crippen LogP contribution in [0, 0.1) is 31.6 Å². The fourth-order valence-corrected chi connectivity index (χ4v) is 10.1. The topological polar surface area (TPSA) is 108 Å². The molecule has 9 heteroatoms. The second-order valence-corrected chi connectivity index (χ2v) is 14.1. The molecule has 3 heterocycles. The van der Waals surface area contributed by atoms with Gasteiger partial charge in [0.2, 0.25) is 17.7 Å². The van der Waals surface area contributed by atoms with Gasteiger partial charge in [0.15, 0.2) is 0 Å². The molecule has 3 aliphatic rings. The van der Waals surface area contributed by atoms with Gasteiger partial charge in [0.05, 0.1) is 35.8 Å². The van der Waals surface area contributed by atoms with E-state index in [1.165, 1.54) is 0 Å². The number of carbonyl (C=O) groups excluding carboxylic acids is 3. The minimum absolute atomic E-state index is 0.00593. The number of amides is 3. The third kappa shape index (κ3) is 5.50. The van der Waals surface area contributed by atoms with Crippen molar-refractivity contribution in [3.8, 4) is 5.75 Å². The second kappa shape index (κ2) is 12.5. The van der Waals surface area contributed by atoms with Crippen molar-refractivity contribution in [1.29, 1.82) is 0 Å². The van der Waals surface area contributed by atoms with E-state index < -0.39 is 28.7 Å². The van der Waals surface area contributed by atoms with E-state index in [9.17, 15) is 19.5 Å². The van der Waals surface area contributed by atoms with Gasteiger partial charge in [0, 0.05) is 16.6 Å². The average Bonchev–Trinajstić information content (AvgIpc) is 3.63. The van der Waals surface area contributed by atoms with Gasteiger partial charge in [-0.15, -0.1) is 11.8 Å². The Kier molecular flexibility index (Phi) is 8.68. The smallest absolute Gasteiger partial charge is 0.248 e. The first-order valence-corrected chi connectivity index (χ1v) is 16.6. The lowest BCUT2D eigenvalue weighted by atomic mass is 9.66. The number of likely N-dealkylation sites (tertiary alicyclic amines) is 1. The normalized spacial score (nSPS) is 27.3. The summed E-state index contributed by atoms with van der Waals surface area (Å²) in [5.41, 5.74) is 4.22. The van der Waals surface area contributed by atoms with Crippen molar-refractivity contribution in [2.75, 3.05) is 23.8 Å². The van der Waals surface area contributed by atoms with Crippen molar-refractivity contribution < 1.29 is 24.2 Å². The summed E-state index contributed by atoms with van der Waals surface area (Å²) in [6.45, 7) is 8.17. The first kappa shape index (κ1) is 31.2. The predicted octanol–water partition coefficient (Wildman–Crippen LogP) is 5.22. The Morgan fingerprint density at radius 2 is 1.78 bits per heavy atom. The van der Waals surface area contributed by atoms with Crippen LogP contribution in [0.1, 0.15) is 37.0 Å². The van der Waals surface area contributed by atoms with E-state index in [4.69, 9.17) is 4.74 Å². The lowest BCUT2D eigenvalue weighted by Crippen LogP contribution is -2.57. The lowest BCUT2D eigenvalue weighted by Gasteiger charge is -2.40. The zero-order valence-electron chi connectivity index (χ0n) is 26.2. The summed E-state index contributed by atoms with van der Waals surface area (Å²) >= 11 is 1.62. The van der Waals surface area contributed by atoms with Crippen LogP contribution in [0.2, 0.25) is 0 Å². The Hall–Kier alpha value is -3.82. The van der Waals surface area contributed by atoms with Crippen LogP contribution in [0.5, 0.6) is 5.75 Å². The lowest BCUT2D eigenvalue weighted by molar-refractivity contribution is -0.141. The Morgan fingerprint density at radius 3 is 2.47 bits per heavy atom. The molecular weight excluding hydrogens is 586 g/mol. The minimum atomic E-state index is -0.857. The molecule has 3 aromatic carbocycles. The molecule has 7 atom stereocenters. The molecule has 45 heavy (non-hydrogen) atoms. The van der Waals surface area contributed by atoms with E-state index in [1.54, 1.807) is 28.8 Å². The zero-order valence-corrected chi connectivity index (χ0v) is 27.0. The van der Waals surface area contributed by atoms with E-state index >= 15 is 0 Å². The molecule has 0 saturated carbocycles. The summed E-state index contributed by atoms with van der Waals surface area (Å²) in [4.78, 5) is 44.9. The monoisotopic (exact) mass is 627 g/mol. The summed E-state index contributed by atoms with van der Waals surface area (Å²) in [6, 6.07) is 21.3. The van der Waals surface area contributed by atoms with Crippen molar-refractivity contribution >= 4 is 40.9 Å². The standard InChI is InChI=1S/C36H41N3O5S/c1-5-44-27-15-13-25(14-16-27)37-33(41)30-29-18-23(4)36(45-29)31(30)35(43)39(26(20-40)19-24-9-7-6-8-10-24)32(36)34(42)38-28-17-21(2)11-12-22(28)3/h6-17,23,26,29-32,40H,5,18-20H2,1-4H3,(H,37,41)(H,38,42)/t23?,26-,29+,30-,31+,32?,36?/m1/s1. The number of nitrogens with zero attached hydrogens (tertiary/aromatic N) is 1. The first-order chi connectivity index (χ1) is 21.7. The first-order valence-electron chi connectivity index (χ1n) is 15.7. The van der Waals surface area contributed by atoms with Crippen molar-refractivity contribution in [3.05, 3.63) is 89.5 Å². The maximum atomic E-state index is 14.7. The predicted molar refractivity (Wildman–Crippen MR) is 177 cm³/mol. The molecule has 8 nitrogen and oxygen atoms in total. The van der Waals surface area contributed by atoms with Crippen LogP contribution < -0.4 is 15.4 Å². The van der Waals surface area contributed by atoms with Crippen LogP contribution in [-0.4, -0.2) is 63.0 Å². The number of thioether (sulfide) groups is 1. The minimum Gasteiger partial charge on any atom is -0.494 e.